The van der Waals surface area contributed by atoms with E-state index in [9.17, 15) is 4.79 Å². The first kappa shape index (κ1) is 18.9. The van der Waals surface area contributed by atoms with E-state index in [0.717, 1.165) is 43.0 Å². The number of nitrogens with two attached hydrogens (primary N) is 2. The summed E-state index contributed by atoms with van der Waals surface area (Å²) in [7, 11) is 0. The molecule has 2 amide bonds. The third kappa shape index (κ3) is 3.40. The third-order valence-corrected chi connectivity index (χ3v) is 5.81. The molecule has 29 heavy (non-hydrogen) atoms. The molecule has 0 atom stereocenters. The lowest BCUT2D eigenvalue weighted by atomic mass is 10.0. The molecule has 0 saturated heterocycles. The summed E-state index contributed by atoms with van der Waals surface area (Å²) in [6.45, 7) is 6.03. The van der Waals surface area contributed by atoms with Crippen LogP contribution in [0.1, 0.15) is 16.0 Å². The number of urea groups is 1. The van der Waals surface area contributed by atoms with Crippen LogP contribution >= 0.6 is 11.3 Å². The fraction of sp³-hybridized carbons (Fsp3) is 0.136. The minimum Gasteiger partial charge on any atom is -0.383 e. The molecule has 146 valence electrons. The molecule has 0 aliphatic heterocycles. The highest BCUT2D eigenvalue weighted by molar-refractivity contribution is 7.19. The van der Waals surface area contributed by atoms with Crippen molar-refractivity contribution in [2.75, 3.05) is 10.6 Å². The molecule has 2 aromatic heterocycles. The van der Waals surface area contributed by atoms with Crippen molar-refractivity contribution in [3.8, 4) is 11.1 Å². The van der Waals surface area contributed by atoms with Crippen molar-refractivity contribution in [3.63, 3.8) is 0 Å². The predicted molar refractivity (Wildman–Crippen MR) is 120 cm³/mol. The lowest BCUT2D eigenvalue weighted by Gasteiger charge is -2.22. The molecule has 0 bridgehead atoms. The number of fused-ring (bicyclic) bond motifs is 1. The number of aromatic nitrogens is 2. The summed E-state index contributed by atoms with van der Waals surface area (Å²) in [6, 6.07) is 13.1. The number of aryl methyl sites for hydroxylation is 3. The number of hydrogen-bond acceptors (Lipinski definition) is 5. The van der Waals surface area contributed by atoms with E-state index in [1.165, 1.54) is 11.2 Å². The second-order valence-electron chi connectivity index (χ2n) is 7.04. The summed E-state index contributed by atoms with van der Waals surface area (Å²) < 4.78 is 0. The van der Waals surface area contributed by atoms with Gasteiger partial charge in [-0.1, -0.05) is 18.2 Å². The van der Waals surface area contributed by atoms with E-state index in [1.54, 1.807) is 11.3 Å². The Morgan fingerprint density at radius 3 is 2.24 bits per heavy atom. The average Bonchev–Trinajstić information content (AvgIpc) is 2.99. The molecule has 0 spiro atoms. The number of nitrogens with zero attached hydrogens (tertiary/aromatic N) is 3. The van der Waals surface area contributed by atoms with Gasteiger partial charge in [0, 0.05) is 10.4 Å². The average molecular weight is 404 g/mol. The number of carbonyl (C=O) groups excluding carboxylic acids is 1. The fourth-order valence-corrected chi connectivity index (χ4v) is 4.70. The molecule has 0 unspecified atom stereocenters. The fourth-order valence-electron chi connectivity index (χ4n) is 3.67. The third-order valence-electron chi connectivity index (χ3n) is 4.79. The summed E-state index contributed by atoms with van der Waals surface area (Å²) >= 11 is 1.59. The van der Waals surface area contributed by atoms with Gasteiger partial charge in [0.25, 0.3) is 0 Å². The highest BCUT2D eigenvalue weighted by atomic mass is 32.1. The maximum atomic E-state index is 12.2. The van der Waals surface area contributed by atoms with Gasteiger partial charge in [-0.15, -0.1) is 11.3 Å². The molecule has 7 heteroatoms. The number of rotatable bonds is 3. The number of carbonyl (C=O) groups is 1. The van der Waals surface area contributed by atoms with Gasteiger partial charge in [-0.05, 0) is 61.7 Å². The van der Waals surface area contributed by atoms with Crippen LogP contribution in [-0.4, -0.2) is 16.0 Å². The largest absolute Gasteiger partial charge is 0.383 e. The summed E-state index contributed by atoms with van der Waals surface area (Å²) in [6.07, 6.45) is 1.48. The number of hydrogen-bond donors (Lipinski definition) is 2. The molecule has 6 nitrogen and oxygen atoms in total. The van der Waals surface area contributed by atoms with Gasteiger partial charge in [-0.2, -0.15) is 0 Å². The van der Waals surface area contributed by atoms with Crippen molar-refractivity contribution in [1.29, 1.82) is 0 Å². The summed E-state index contributed by atoms with van der Waals surface area (Å²) in [5.74, 6) is 0.465. The van der Waals surface area contributed by atoms with E-state index in [4.69, 9.17) is 11.5 Å². The van der Waals surface area contributed by atoms with Crippen molar-refractivity contribution in [1.82, 2.24) is 9.97 Å². The van der Waals surface area contributed by atoms with Crippen molar-refractivity contribution < 1.29 is 4.79 Å². The Kier molecular flexibility index (Phi) is 4.68. The monoisotopic (exact) mass is 403 g/mol. The van der Waals surface area contributed by atoms with Gasteiger partial charge in [-0.25, -0.2) is 14.8 Å². The first-order valence-electron chi connectivity index (χ1n) is 9.13. The Morgan fingerprint density at radius 2 is 1.62 bits per heavy atom. The van der Waals surface area contributed by atoms with Gasteiger partial charge in [0.15, 0.2) is 0 Å². The van der Waals surface area contributed by atoms with E-state index in [0.29, 0.717) is 11.5 Å². The molecule has 0 radical (unpaired) electrons. The van der Waals surface area contributed by atoms with Gasteiger partial charge in [0.2, 0.25) is 0 Å². The van der Waals surface area contributed by atoms with Crippen LogP contribution in [0.3, 0.4) is 0 Å². The molecule has 2 heterocycles. The highest BCUT2D eigenvalue weighted by Crippen LogP contribution is 2.40. The van der Waals surface area contributed by atoms with Crippen LogP contribution in [0, 0.1) is 20.8 Å². The maximum Gasteiger partial charge on any atom is 0.323 e. The van der Waals surface area contributed by atoms with Gasteiger partial charge in [-0.3, -0.25) is 4.90 Å². The van der Waals surface area contributed by atoms with Crippen molar-refractivity contribution in [2.24, 2.45) is 5.73 Å². The van der Waals surface area contributed by atoms with E-state index in [-0.39, 0.29) is 0 Å². The Bertz CT molecular complexity index is 1210. The van der Waals surface area contributed by atoms with Crippen LogP contribution in [-0.2, 0) is 0 Å². The topological polar surface area (TPSA) is 98.1 Å². The van der Waals surface area contributed by atoms with E-state index in [1.807, 2.05) is 57.2 Å². The van der Waals surface area contributed by atoms with E-state index in [2.05, 4.69) is 16.0 Å². The lowest BCUT2D eigenvalue weighted by molar-refractivity contribution is 0.256. The van der Waals surface area contributed by atoms with E-state index < -0.39 is 6.03 Å². The molecular weight excluding hydrogens is 382 g/mol. The predicted octanol–water partition coefficient (Wildman–Crippen LogP) is 5.08. The normalized spacial score (nSPS) is 11.0. The van der Waals surface area contributed by atoms with E-state index >= 15 is 0 Å². The molecule has 4 N–H and O–H groups in total. The first-order valence-corrected chi connectivity index (χ1v) is 9.94. The highest BCUT2D eigenvalue weighted by Gasteiger charge is 2.18. The Balaban J connectivity index is 1.80. The summed E-state index contributed by atoms with van der Waals surface area (Å²) in [5, 5.41) is 0.865. The molecule has 4 aromatic rings. The van der Waals surface area contributed by atoms with Gasteiger partial charge in [0.1, 0.15) is 17.0 Å². The van der Waals surface area contributed by atoms with Crippen molar-refractivity contribution in [2.45, 2.75) is 20.8 Å². The zero-order chi connectivity index (χ0) is 20.7. The maximum absolute atomic E-state index is 12.2. The SMILES string of the molecule is Cc1cc(C)cc(N(C(N)=O)c2ccc(-c3c(C)sc4ncnc(N)c34)cc2)c1. The number of amides is 2. The Hall–Kier alpha value is -3.45. The van der Waals surface area contributed by atoms with Gasteiger partial charge >= 0.3 is 6.03 Å². The number of thiophene rings is 1. The minimum absolute atomic E-state index is 0.465. The van der Waals surface area contributed by atoms with Crippen LogP contribution in [0.15, 0.2) is 48.8 Å². The Morgan fingerprint density at radius 1 is 0.966 bits per heavy atom. The number of anilines is 3. The van der Waals surface area contributed by atoms with Crippen molar-refractivity contribution >= 4 is 44.8 Å². The zero-order valence-corrected chi connectivity index (χ0v) is 17.2. The number of benzene rings is 2. The molecule has 0 aliphatic rings. The van der Waals surface area contributed by atoms with Crippen LogP contribution in [0.2, 0.25) is 0 Å². The zero-order valence-electron chi connectivity index (χ0n) is 16.4. The lowest BCUT2D eigenvalue weighted by Crippen LogP contribution is -2.31. The second kappa shape index (κ2) is 7.18. The smallest absolute Gasteiger partial charge is 0.323 e. The summed E-state index contributed by atoms with van der Waals surface area (Å²) in [4.78, 5) is 24.2. The first-order chi connectivity index (χ1) is 13.8. The van der Waals surface area contributed by atoms with Crippen LogP contribution < -0.4 is 16.4 Å². The molecule has 0 saturated carbocycles. The molecule has 0 fully saturated rings. The van der Waals surface area contributed by atoms with Crippen LogP contribution in [0.5, 0.6) is 0 Å². The quantitative estimate of drug-likeness (QED) is 0.498. The number of nitrogen functional groups attached to an aromatic ring is 1. The second-order valence-corrected chi connectivity index (χ2v) is 8.24. The molecule has 4 rings (SSSR count). The van der Waals surface area contributed by atoms with Crippen LogP contribution in [0.4, 0.5) is 22.0 Å². The summed E-state index contributed by atoms with van der Waals surface area (Å²) in [5.41, 5.74) is 17.4. The standard InChI is InChI=1S/C22H21N5OS/c1-12-8-13(2)10-17(9-12)27(22(24)28)16-6-4-15(5-7-16)18-14(3)29-21-19(18)20(23)25-11-26-21/h4-11H,1-3H3,(H2,24,28)(H2,23,25,26). The Labute approximate surface area is 172 Å². The van der Waals surface area contributed by atoms with Crippen LogP contribution in [0.25, 0.3) is 21.3 Å². The van der Waals surface area contributed by atoms with Gasteiger partial charge in [0.05, 0.1) is 16.8 Å². The molecule has 0 aliphatic carbocycles. The molecule has 2 aromatic carbocycles. The van der Waals surface area contributed by atoms with Gasteiger partial charge < -0.3 is 11.5 Å². The van der Waals surface area contributed by atoms with Crippen molar-refractivity contribution in [3.05, 3.63) is 64.8 Å². The minimum atomic E-state index is -0.530. The number of primary amides is 1. The molecular formula is C22H21N5OS.